The van der Waals surface area contributed by atoms with Crippen molar-refractivity contribution in [2.24, 2.45) is 0 Å². The monoisotopic (exact) mass is 458 g/mol. The van der Waals surface area contributed by atoms with Crippen molar-refractivity contribution in [3.63, 3.8) is 0 Å². The lowest BCUT2D eigenvalue weighted by molar-refractivity contribution is 0.458. The standard InChI is InChI=1S/C26H19FN2O3S/c27-18-13-11-16(12-14-18)24-19-5-1-2-6-21(19)28-25(17-9-10-17)20(24)15-33(30,31)26-29-22-7-3-4-8-23(22)32-26/h1-8,11-14,17H,9-10,15H2. The molecule has 0 radical (unpaired) electrons. The van der Waals surface area contributed by atoms with Gasteiger partial charge < -0.3 is 4.42 Å². The van der Waals surface area contributed by atoms with Crippen molar-refractivity contribution < 1.29 is 17.2 Å². The first-order valence-electron chi connectivity index (χ1n) is 10.8. The topological polar surface area (TPSA) is 73.1 Å². The van der Waals surface area contributed by atoms with Gasteiger partial charge in [-0.3, -0.25) is 4.98 Å². The molecule has 1 fully saturated rings. The Morgan fingerprint density at radius 3 is 2.30 bits per heavy atom. The van der Waals surface area contributed by atoms with Gasteiger partial charge >= 0.3 is 5.22 Å². The highest BCUT2D eigenvalue weighted by Gasteiger charge is 2.33. The highest BCUT2D eigenvalue weighted by Crippen LogP contribution is 2.45. The smallest absolute Gasteiger partial charge is 0.316 e. The van der Waals surface area contributed by atoms with Crippen molar-refractivity contribution in [2.45, 2.75) is 29.7 Å². The average molecular weight is 459 g/mol. The maximum absolute atomic E-state index is 13.7. The van der Waals surface area contributed by atoms with Gasteiger partial charge in [0.1, 0.15) is 11.3 Å². The van der Waals surface area contributed by atoms with E-state index in [1.807, 2.05) is 24.3 Å². The molecular formula is C26H19FN2O3S. The number of aromatic nitrogens is 2. The third kappa shape index (κ3) is 3.58. The van der Waals surface area contributed by atoms with Gasteiger partial charge in [-0.15, -0.1) is 0 Å². The number of sulfone groups is 1. The molecule has 3 aromatic carbocycles. The first-order valence-corrected chi connectivity index (χ1v) is 12.4. The van der Waals surface area contributed by atoms with Gasteiger partial charge in [-0.1, -0.05) is 42.5 Å². The number of nitrogens with zero attached hydrogens (tertiary/aromatic N) is 2. The Hall–Kier alpha value is -3.58. The molecule has 0 spiro atoms. The number of benzene rings is 3. The summed E-state index contributed by atoms with van der Waals surface area (Å²) in [6, 6.07) is 20.8. The maximum Gasteiger partial charge on any atom is 0.316 e. The van der Waals surface area contributed by atoms with Crippen molar-refractivity contribution in [3.8, 4) is 11.1 Å². The lowest BCUT2D eigenvalue weighted by Crippen LogP contribution is -2.10. The van der Waals surface area contributed by atoms with E-state index in [1.165, 1.54) is 12.1 Å². The number of oxazole rings is 1. The average Bonchev–Trinajstić information content (AvgIpc) is 3.56. The zero-order valence-electron chi connectivity index (χ0n) is 17.5. The summed E-state index contributed by atoms with van der Waals surface area (Å²) in [6.07, 6.45) is 1.92. The molecule has 0 aliphatic heterocycles. The molecule has 5 nitrogen and oxygen atoms in total. The molecule has 1 aliphatic rings. The van der Waals surface area contributed by atoms with Crippen LogP contribution in [0.3, 0.4) is 0 Å². The summed E-state index contributed by atoms with van der Waals surface area (Å²) in [6.45, 7) is 0. The van der Waals surface area contributed by atoms with Crippen molar-refractivity contribution in [1.29, 1.82) is 0 Å². The van der Waals surface area contributed by atoms with Crippen LogP contribution < -0.4 is 0 Å². The van der Waals surface area contributed by atoms with Crippen LogP contribution in [-0.2, 0) is 15.6 Å². The molecular weight excluding hydrogens is 439 g/mol. The van der Waals surface area contributed by atoms with Crippen LogP contribution in [0.4, 0.5) is 4.39 Å². The fourth-order valence-corrected chi connectivity index (χ4v) is 5.54. The van der Waals surface area contributed by atoms with E-state index >= 15 is 0 Å². The van der Waals surface area contributed by atoms with E-state index in [1.54, 1.807) is 36.4 Å². The quantitative estimate of drug-likeness (QED) is 0.321. The van der Waals surface area contributed by atoms with Crippen molar-refractivity contribution >= 4 is 31.8 Å². The van der Waals surface area contributed by atoms with Crippen molar-refractivity contribution in [1.82, 2.24) is 9.97 Å². The Morgan fingerprint density at radius 2 is 1.58 bits per heavy atom. The second-order valence-electron chi connectivity index (χ2n) is 8.36. The van der Waals surface area contributed by atoms with Gasteiger partial charge in [0.15, 0.2) is 5.58 Å². The first-order chi connectivity index (χ1) is 16.0. The Labute approximate surface area is 189 Å². The molecule has 6 rings (SSSR count). The number of para-hydroxylation sites is 3. The maximum atomic E-state index is 13.7. The Morgan fingerprint density at radius 1 is 0.879 bits per heavy atom. The minimum absolute atomic E-state index is 0.211. The normalized spacial score (nSPS) is 14.2. The molecule has 0 bridgehead atoms. The van der Waals surface area contributed by atoms with E-state index in [2.05, 4.69) is 4.98 Å². The zero-order chi connectivity index (χ0) is 22.6. The van der Waals surface area contributed by atoms with Gasteiger partial charge in [0.25, 0.3) is 0 Å². The molecule has 7 heteroatoms. The third-order valence-electron chi connectivity index (χ3n) is 6.00. The lowest BCUT2D eigenvalue weighted by atomic mass is 9.93. The van der Waals surface area contributed by atoms with Crippen LogP contribution in [0.15, 0.2) is 82.4 Å². The van der Waals surface area contributed by atoms with Crippen LogP contribution >= 0.6 is 0 Å². The molecule has 0 unspecified atom stereocenters. The van der Waals surface area contributed by atoms with E-state index in [0.29, 0.717) is 16.7 Å². The summed E-state index contributed by atoms with van der Waals surface area (Å²) in [5, 5.41) is 0.528. The van der Waals surface area contributed by atoms with Crippen LogP contribution in [-0.4, -0.2) is 18.4 Å². The predicted molar refractivity (Wildman–Crippen MR) is 124 cm³/mol. The van der Waals surface area contributed by atoms with Crippen LogP contribution in [0, 0.1) is 5.82 Å². The number of hydrogen-bond acceptors (Lipinski definition) is 5. The summed E-state index contributed by atoms with van der Waals surface area (Å²) < 4.78 is 46.3. The van der Waals surface area contributed by atoms with E-state index < -0.39 is 9.84 Å². The van der Waals surface area contributed by atoms with Gasteiger partial charge in [-0.2, -0.15) is 4.98 Å². The van der Waals surface area contributed by atoms with Crippen LogP contribution in [0.1, 0.15) is 30.0 Å². The highest BCUT2D eigenvalue weighted by atomic mass is 32.2. The summed E-state index contributed by atoms with van der Waals surface area (Å²) >= 11 is 0. The third-order valence-corrected chi connectivity index (χ3v) is 7.37. The Bertz CT molecular complexity index is 1590. The summed E-state index contributed by atoms with van der Waals surface area (Å²) in [7, 11) is -3.90. The van der Waals surface area contributed by atoms with Crippen molar-refractivity contribution in [3.05, 3.63) is 89.9 Å². The van der Waals surface area contributed by atoms with Crippen LogP contribution in [0.2, 0.25) is 0 Å². The molecule has 33 heavy (non-hydrogen) atoms. The number of hydrogen-bond donors (Lipinski definition) is 0. The molecule has 0 amide bonds. The van der Waals surface area contributed by atoms with Gasteiger partial charge in [0.05, 0.1) is 11.3 Å². The van der Waals surface area contributed by atoms with E-state index in [0.717, 1.165) is 40.6 Å². The highest BCUT2D eigenvalue weighted by molar-refractivity contribution is 7.90. The second kappa shape index (κ2) is 7.49. The number of pyridine rings is 1. The molecule has 0 N–H and O–H groups in total. The molecule has 2 heterocycles. The van der Waals surface area contributed by atoms with Crippen LogP contribution in [0.5, 0.6) is 0 Å². The number of fused-ring (bicyclic) bond motifs is 2. The van der Waals surface area contributed by atoms with Gasteiger partial charge in [0.2, 0.25) is 9.84 Å². The van der Waals surface area contributed by atoms with E-state index in [9.17, 15) is 12.8 Å². The van der Waals surface area contributed by atoms with Crippen molar-refractivity contribution in [2.75, 3.05) is 0 Å². The lowest BCUT2D eigenvalue weighted by Gasteiger charge is -2.17. The SMILES string of the molecule is O=S(=O)(Cc1c(C2CC2)nc2ccccc2c1-c1ccc(F)cc1)c1nc2ccccc2o1. The summed E-state index contributed by atoms with van der Waals surface area (Å²) in [5.41, 5.74) is 4.64. The van der Waals surface area contributed by atoms with E-state index in [-0.39, 0.29) is 22.7 Å². The second-order valence-corrected chi connectivity index (χ2v) is 10.2. The summed E-state index contributed by atoms with van der Waals surface area (Å²) in [5.74, 6) is -0.432. The Balaban J connectivity index is 1.58. The Kier molecular flexibility index (Phi) is 4.55. The number of rotatable bonds is 5. The predicted octanol–water partition coefficient (Wildman–Crippen LogP) is 6.03. The first kappa shape index (κ1) is 20.1. The largest absolute Gasteiger partial charge is 0.428 e. The fourth-order valence-electron chi connectivity index (χ4n) is 4.29. The molecule has 5 aromatic rings. The molecule has 1 saturated carbocycles. The zero-order valence-corrected chi connectivity index (χ0v) is 18.3. The molecule has 2 aromatic heterocycles. The fraction of sp³-hybridized carbons (Fsp3) is 0.154. The summed E-state index contributed by atoms with van der Waals surface area (Å²) in [4.78, 5) is 9.09. The van der Waals surface area contributed by atoms with E-state index in [4.69, 9.17) is 9.40 Å². The number of halogens is 1. The molecule has 1 aliphatic carbocycles. The molecule has 0 saturated heterocycles. The minimum Gasteiger partial charge on any atom is -0.428 e. The minimum atomic E-state index is -3.90. The van der Waals surface area contributed by atoms with Gasteiger partial charge in [-0.05, 0) is 59.9 Å². The van der Waals surface area contributed by atoms with Crippen LogP contribution in [0.25, 0.3) is 33.1 Å². The molecule has 0 atom stereocenters. The van der Waals surface area contributed by atoms with Gasteiger partial charge in [0, 0.05) is 17.0 Å². The van der Waals surface area contributed by atoms with Gasteiger partial charge in [-0.25, -0.2) is 12.8 Å². The molecule has 164 valence electrons.